The molecule has 0 aromatic carbocycles. The number of hydrogen-bond acceptors (Lipinski definition) is 2. The summed E-state index contributed by atoms with van der Waals surface area (Å²) in [5, 5.41) is 0. The highest BCUT2D eigenvalue weighted by atomic mass is 16.6. The van der Waals surface area contributed by atoms with Gasteiger partial charge in [-0.25, -0.2) is 0 Å². The first-order valence-electron chi connectivity index (χ1n) is 6.03. The normalized spacial score (nSPS) is 42.1. The SMILES string of the molecule is CC(=O)CCC1C(C)(C)CC[C@@H]2O[C@]12C. The molecule has 0 N–H and O–H groups in total. The summed E-state index contributed by atoms with van der Waals surface area (Å²) in [7, 11) is 0. The van der Waals surface area contributed by atoms with Gasteiger partial charge in [0.15, 0.2) is 0 Å². The van der Waals surface area contributed by atoms with E-state index in [-0.39, 0.29) is 5.60 Å². The molecule has 1 aliphatic carbocycles. The molecular formula is C13H22O2. The highest BCUT2D eigenvalue weighted by Crippen LogP contribution is 2.59. The fourth-order valence-electron chi connectivity index (χ4n) is 3.40. The van der Waals surface area contributed by atoms with Crippen molar-refractivity contribution in [2.45, 2.75) is 65.1 Å². The standard InChI is InChI=1S/C13H22O2/c1-9(14)5-6-10-12(2,3)8-7-11-13(10,4)15-11/h10-11H,5-8H2,1-4H3/t10?,11-,13+/m0/s1. The first kappa shape index (κ1) is 11.1. The van der Waals surface area contributed by atoms with Crippen LogP contribution in [0.2, 0.25) is 0 Å². The molecular weight excluding hydrogens is 188 g/mol. The Morgan fingerprint density at radius 1 is 1.40 bits per heavy atom. The second-order valence-electron chi connectivity index (χ2n) is 6.11. The van der Waals surface area contributed by atoms with Gasteiger partial charge in [-0.15, -0.1) is 0 Å². The van der Waals surface area contributed by atoms with Gasteiger partial charge >= 0.3 is 0 Å². The van der Waals surface area contributed by atoms with Gasteiger partial charge < -0.3 is 9.53 Å². The summed E-state index contributed by atoms with van der Waals surface area (Å²) in [6.07, 6.45) is 4.60. The number of epoxide rings is 1. The maximum Gasteiger partial charge on any atom is 0.129 e. The van der Waals surface area contributed by atoms with E-state index < -0.39 is 0 Å². The average molecular weight is 210 g/mol. The fraction of sp³-hybridized carbons (Fsp3) is 0.923. The number of Topliss-reactive ketones (excluding diaryl/α,β-unsaturated/α-hetero) is 1. The fourth-order valence-corrected chi connectivity index (χ4v) is 3.40. The van der Waals surface area contributed by atoms with Crippen LogP contribution in [0.1, 0.15) is 53.4 Å². The van der Waals surface area contributed by atoms with Crippen molar-refractivity contribution in [1.29, 1.82) is 0 Å². The lowest BCUT2D eigenvalue weighted by molar-refractivity contribution is -0.117. The summed E-state index contributed by atoms with van der Waals surface area (Å²) >= 11 is 0. The van der Waals surface area contributed by atoms with E-state index in [9.17, 15) is 4.79 Å². The number of carbonyl (C=O) groups excluding carboxylic acids is 1. The molecule has 0 radical (unpaired) electrons. The predicted molar refractivity (Wildman–Crippen MR) is 59.7 cm³/mol. The van der Waals surface area contributed by atoms with Crippen molar-refractivity contribution in [3.05, 3.63) is 0 Å². The van der Waals surface area contributed by atoms with Gasteiger partial charge in [0.25, 0.3) is 0 Å². The predicted octanol–water partition coefficient (Wildman–Crippen LogP) is 2.95. The van der Waals surface area contributed by atoms with Gasteiger partial charge in [0.1, 0.15) is 5.78 Å². The first-order chi connectivity index (χ1) is 6.86. The molecule has 0 spiro atoms. The van der Waals surface area contributed by atoms with Gasteiger partial charge in [0.2, 0.25) is 0 Å². The highest BCUT2D eigenvalue weighted by molar-refractivity contribution is 5.75. The number of hydrogen-bond donors (Lipinski definition) is 0. The van der Waals surface area contributed by atoms with Crippen LogP contribution in [0.5, 0.6) is 0 Å². The van der Waals surface area contributed by atoms with Crippen molar-refractivity contribution < 1.29 is 9.53 Å². The van der Waals surface area contributed by atoms with Gasteiger partial charge in [-0.1, -0.05) is 13.8 Å². The quantitative estimate of drug-likeness (QED) is 0.670. The number of ketones is 1. The zero-order chi connectivity index (χ0) is 11.3. The molecule has 0 aromatic rings. The molecule has 1 saturated carbocycles. The van der Waals surface area contributed by atoms with Crippen molar-refractivity contribution in [2.24, 2.45) is 11.3 Å². The highest BCUT2D eigenvalue weighted by Gasteiger charge is 2.63. The number of ether oxygens (including phenoxy) is 1. The van der Waals surface area contributed by atoms with Gasteiger partial charge in [-0.05, 0) is 44.4 Å². The Kier molecular flexibility index (Phi) is 2.45. The Morgan fingerprint density at radius 2 is 2.07 bits per heavy atom. The third-order valence-electron chi connectivity index (χ3n) is 4.45. The molecule has 2 rings (SSSR count). The van der Waals surface area contributed by atoms with Crippen LogP contribution in [0.4, 0.5) is 0 Å². The molecule has 1 aliphatic heterocycles. The maximum absolute atomic E-state index is 11.1. The Morgan fingerprint density at radius 3 is 2.67 bits per heavy atom. The number of fused-ring (bicyclic) bond motifs is 1. The second-order valence-corrected chi connectivity index (χ2v) is 6.11. The van der Waals surface area contributed by atoms with E-state index in [4.69, 9.17) is 4.74 Å². The summed E-state index contributed by atoms with van der Waals surface area (Å²) < 4.78 is 5.83. The number of carbonyl (C=O) groups is 1. The largest absolute Gasteiger partial charge is 0.366 e. The minimum absolute atomic E-state index is 0.0806. The van der Waals surface area contributed by atoms with Gasteiger partial charge in [-0.3, -0.25) is 0 Å². The lowest BCUT2D eigenvalue weighted by atomic mass is 9.62. The zero-order valence-corrected chi connectivity index (χ0v) is 10.3. The van der Waals surface area contributed by atoms with Crippen LogP contribution in [0.3, 0.4) is 0 Å². The molecule has 1 unspecified atom stereocenters. The number of rotatable bonds is 3. The molecule has 2 nitrogen and oxygen atoms in total. The summed E-state index contributed by atoms with van der Waals surface area (Å²) in [4.78, 5) is 11.1. The van der Waals surface area contributed by atoms with Crippen LogP contribution in [0.25, 0.3) is 0 Å². The van der Waals surface area contributed by atoms with E-state index in [1.165, 1.54) is 12.8 Å². The third-order valence-corrected chi connectivity index (χ3v) is 4.45. The van der Waals surface area contributed by atoms with Crippen LogP contribution in [-0.2, 0) is 9.53 Å². The van der Waals surface area contributed by atoms with E-state index in [1.807, 2.05) is 0 Å². The maximum atomic E-state index is 11.1. The van der Waals surface area contributed by atoms with Crippen molar-refractivity contribution in [3.63, 3.8) is 0 Å². The molecule has 0 bridgehead atoms. The topological polar surface area (TPSA) is 29.6 Å². The lowest BCUT2D eigenvalue weighted by Crippen LogP contribution is -2.40. The van der Waals surface area contributed by atoms with E-state index in [0.717, 1.165) is 6.42 Å². The molecule has 0 amide bonds. The molecule has 15 heavy (non-hydrogen) atoms. The average Bonchev–Trinajstić information content (AvgIpc) is 2.74. The van der Waals surface area contributed by atoms with Crippen LogP contribution < -0.4 is 0 Å². The smallest absolute Gasteiger partial charge is 0.129 e. The lowest BCUT2D eigenvalue weighted by Gasteiger charge is -2.40. The van der Waals surface area contributed by atoms with Crippen molar-refractivity contribution in [1.82, 2.24) is 0 Å². The zero-order valence-electron chi connectivity index (χ0n) is 10.3. The van der Waals surface area contributed by atoms with Crippen molar-refractivity contribution in [2.75, 3.05) is 0 Å². The second kappa shape index (κ2) is 3.31. The monoisotopic (exact) mass is 210 g/mol. The van der Waals surface area contributed by atoms with Crippen molar-refractivity contribution >= 4 is 5.78 Å². The first-order valence-corrected chi connectivity index (χ1v) is 6.03. The molecule has 3 atom stereocenters. The van der Waals surface area contributed by atoms with Crippen molar-refractivity contribution in [3.8, 4) is 0 Å². The van der Waals surface area contributed by atoms with Gasteiger partial charge in [0, 0.05) is 6.42 Å². The summed E-state index contributed by atoms with van der Waals surface area (Å²) in [6.45, 7) is 8.55. The van der Waals surface area contributed by atoms with E-state index in [2.05, 4.69) is 20.8 Å². The molecule has 2 aliphatic rings. The Hall–Kier alpha value is -0.370. The molecule has 86 valence electrons. The van der Waals surface area contributed by atoms with Gasteiger partial charge in [0.05, 0.1) is 11.7 Å². The molecule has 0 aromatic heterocycles. The minimum atomic E-state index is 0.0806. The minimum Gasteiger partial charge on any atom is -0.366 e. The molecule has 2 fully saturated rings. The molecule has 2 heteroatoms. The Bertz CT molecular complexity index is 278. The van der Waals surface area contributed by atoms with E-state index in [1.54, 1.807) is 6.92 Å². The van der Waals surface area contributed by atoms with Crippen LogP contribution in [0.15, 0.2) is 0 Å². The Balaban J connectivity index is 2.07. The summed E-state index contributed by atoms with van der Waals surface area (Å²) in [5.41, 5.74) is 0.411. The van der Waals surface area contributed by atoms with Gasteiger partial charge in [-0.2, -0.15) is 0 Å². The Labute approximate surface area is 92.4 Å². The van der Waals surface area contributed by atoms with Crippen LogP contribution >= 0.6 is 0 Å². The summed E-state index contributed by atoms with van der Waals surface area (Å²) in [5.74, 6) is 0.852. The van der Waals surface area contributed by atoms with E-state index in [0.29, 0.717) is 29.6 Å². The third kappa shape index (κ3) is 1.84. The van der Waals surface area contributed by atoms with Crippen LogP contribution in [0, 0.1) is 11.3 Å². The van der Waals surface area contributed by atoms with E-state index >= 15 is 0 Å². The summed E-state index contributed by atoms with van der Waals surface area (Å²) in [6, 6.07) is 0. The molecule has 1 saturated heterocycles. The van der Waals surface area contributed by atoms with Crippen LogP contribution in [-0.4, -0.2) is 17.5 Å². The molecule has 1 heterocycles.